The van der Waals surface area contributed by atoms with Gasteiger partial charge < -0.3 is 10.2 Å². The van der Waals surface area contributed by atoms with Crippen molar-refractivity contribution in [1.82, 2.24) is 9.88 Å². The van der Waals surface area contributed by atoms with Crippen LogP contribution in [0.3, 0.4) is 0 Å². The molecule has 19 heavy (non-hydrogen) atoms. The van der Waals surface area contributed by atoms with Crippen LogP contribution in [0.15, 0.2) is 16.9 Å². The third-order valence-electron chi connectivity index (χ3n) is 3.05. The van der Waals surface area contributed by atoms with Crippen LogP contribution in [0.2, 0.25) is 0 Å². The van der Waals surface area contributed by atoms with E-state index in [1.807, 2.05) is 0 Å². The molecule has 1 amide bonds. The highest BCUT2D eigenvalue weighted by Gasteiger charge is 2.26. The molecule has 0 saturated carbocycles. The molecule has 1 aromatic rings. The molecule has 1 saturated heterocycles. The molecule has 1 aliphatic rings. The number of nitrogens with zero attached hydrogens (tertiary/aromatic N) is 3. The molecule has 1 aromatic heterocycles. The molecule has 1 atom stereocenters. The highest BCUT2D eigenvalue weighted by Crippen LogP contribution is 2.32. The van der Waals surface area contributed by atoms with E-state index in [4.69, 9.17) is 0 Å². The second-order valence-corrected chi connectivity index (χ2v) is 5.28. The number of likely N-dealkylation sites (N-methyl/N-ethyl adjacent to an activating group) is 1. The minimum atomic E-state index is -0.474. The first-order valence-electron chi connectivity index (χ1n) is 5.77. The molecule has 0 spiro atoms. The van der Waals surface area contributed by atoms with Crippen molar-refractivity contribution in [2.75, 3.05) is 18.9 Å². The van der Waals surface area contributed by atoms with Crippen LogP contribution in [-0.4, -0.2) is 40.3 Å². The van der Waals surface area contributed by atoms with Crippen LogP contribution < -0.4 is 5.32 Å². The molecule has 0 aromatic carbocycles. The summed E-state index contributed by atoms with van der Waals surface area (Å²) in [6.45, 7) is 0.532. The number of carbonyl (C=O) groups excluding carboxylic acids is 1. The Hall–Kier alpha value is -1.70. The molecule has 1 N–H and O–H groups in total. The van der Waals surface area contributed by atoms with E-state index in [1.54, 1.807) is 11.9 Å². The zero-order valence-electron chi connectivity index (χ0n) is 10.3. The summed E-state index contributed by atoms with van der Waals surface area (Å²) in [6, 6.07) is 0.0000926. The van der Waals surface area contributed by atoms with E-state index in [2.05, 4.69) is 26.2 Å². The van der Waals surface area contributed by atoms with Crippen LogP contribution in [0.25, 0.3) is 0 Å². The van der Waals surface area contributed by atoms with Gasteiger partial charge in [0.15, 0.2) is 0 Å². The second kappa shape index (κ2) is 5.52. The first-order chi connectivity index (χ1) is 8.99. The minimum Gasteiger partial charge on any atom is -0.374 e. The third-order valence-corrected chi connectivity index (χ3v) is 3.65. The summed E-state index contributed by atoms with van der Waals surface area (Å²) in [5, 5.41) is 14.1. The minimum absolute atomic E-state index is 0.0000926. The molecule has 2 rings (SSSR count). The number of hydrogen-bond donors (Lipinski definition) is 1. The smallest absolute Gasteiger partial charge is 0.311 e. The predicted octanol–water partition coefficient (Wildman–Crippen LogP) is 1.78. The molecule has 102 valence electrons. The van der Waals surface area contributed by atoms with Crippen molar-refractivity contribution < 1.29 is 9.72 Å². The van der Waals surface area contributed by atoms with E-state index in [0.29, 0.717) is 29.5 Å². The van der Waals surface area contributed by atoms with Crippen molar-refractivity contribution in [2.45, 2.75) is 18.9 Å². The fraction of sp³-hybridized carbons (Fsp3) is 0.455. The number of rotatable bonds is 3. The number of carbonyl (C=O) groups is 1. The lowest BCUT2D eigenvalue weighted by Crippen LogP contribution is -2.43. The molecule has 2 heterocycles. The largest absolute Gasteiger partial charge is 0.374 e. The number of pyridine rings is 1. The molecule has 8 heteroatoms. The molecule has 1 aliphatic heterocycles. The topological polar surface area (TPSA) is 88.4 Å². The van der Waals surface area contributed by atoms with Gasteiger partial charge in [0, 0.05) is 32.3 Å². The van der Waals surface area contributed by atoms with E-state index >= 15 is 0 Å². The van der Waals surface area contributed by atoms with Crippen molar-refractivity contribution in [1.29, 1.82) is 0 Å². The average molecular weight is 329 g/mol. The van der Waals surface area contributed by atoms with Crippen molar-refractivity contribution in [3.05, 3.63) is 27.0 Å². The van der Waals surface area contributed by atoms with Gasteiger partial charge in [0.05, 0.1) is 9.40 Å². The Morgan fingerprint density at radius 2 is 2.32 bits per heavy atom. The molecule has 0 bridgehead atoms. The summed E-state index contributed by atoms with van der Waals surface area (Å²) in [4.78, 5) is 27.3. The fourth-order valence-electron chi connectivity index (χ4n) is 2.04. The van der Waals surface area contributed by atoms with E-state index in [1.165, 1.54) is 12.4 Å². The number of nitrogens with one attached hydrogen (secondary N) is 1. The summed E-state index contributed by atoms with van der Waals surface area (Å²) >= 11 is 3.26. The number of hydrogen-bond acceptors (Lipinski definition) is 5. The van der Waals surface area contributed by atoms with Gasteiger partial charge >= 0.3 is 5.69 Å². The monoisotopic (exact) mass is 328 g/mol. The second-order valence-electron chi connectivity index (χ2n) is 4.43. The van der Waals surface area contributed by atoms with Gasteiger partial charge in [0.25, 0.3) is 0 Å². The molecular formula is C11H13BrN4O3. The van der Waals surface area contributed by atoms with Crippen LogP contribution in [0.4, 0.5) is 11.4 Å². The lowest BCUT2D eigenvalue weighted by Gasteiger charge is -2.30. The maximum Gasteiger partial charge on any atom is 0.311 e. The van der Waals surface area contributed by atoms with Gasteiger partial charge in [-0.3, -0.25) is 19.9 Å². The zero-order chi connectivity index (χ0) is 14.0. The van der Waals surface area contributed by atoms with Gasteiger partial charge in [0.2, 0.25) is 5.91 Å². The normalized spacial score (nSPS) is 19.4. The van der Waals surface area contributed by atoms with E-state index in [0.717, 1.165) is 0 Å². The van der Waals surface area contributed by atoms with Gasteiger partial charge in [-0.2, -0.15) is 0 Å². The van der Waals surface area contributed by atoms with Crippen LogP contribution in [-0.2, 0) is 4.79 Å². The quantitative estimate of drug-likeness (QED) is 0.675. The number of halogens is 1. The fourth-order valence-corrected chi connectivity index (χ4v) is 2.48. The maximum atomic E-state index is 11.4. The van der Waals surface area contributed by atoms with Gasteiger partial charge in [-0.25, -0.2) is 0 Å². The lowest BCUT2D eigenvalue weighted by molar-refractivity contribution is -0.384. The van der Waals surface area contributed by atoms with Crippen LogP contribution in [0, 0.1) is 10.1 Å². The SMILES string of the molecule is CN1CC(Nc2c(Br)cncc2[N+](=O)[O-])CCC1=O. The average Bonchev–Trinajstić information content (AvgIpc) is 2.36. The Bertz CT molecular complexity index is 523. The molecule has 1 fully saturated rings. The van der Waals surface area contributed by atoms with E-state index < -0.39 is 4.92 Å². The number of anilines is 1. The van der Waals surface area contributed by atoms with Crippen LogP contribution in [0.5, 0.6) is 0 Å². The van der Waals surface area contributed by atoms with Crippen LogP contribution in [0.1, 0.15) is 12.8 Å². The number of likely N-dealkylation sites (tertiary alicyclic amines) is 1. The summed E-state index contributed by atoms with van der Waals surface area (Å²) in [6.07, 6.45) is 3.83. The number of amides is 1. The van der Waals surface area contributed by atoms with Crippen molar-refractivity contribution in [2.24, 2.45) is 0 Å². The Kier molecular flexibility index (Phi) is 3.98. The van der Waals surface area contributed by atoms with Gasteiger partial charge in [-0.1, -0.05) is 0 Å². The highest BCUT2D eigenvalue weighted by atomic mass is 79.9. The summed E-state index contributed by atoms with van der Waals surface area (Å²) < 4.78 is 0.543. The Balaban J connectivity index is 2.19. The Morgan fingerprint density at radius 1 is 1.58 bits per heavy atom. The van der Waals surface area contributed by atoms with E-state index in [-0.39, 0.29) is 17.6 Å². The van der Waals surface area contributed by atoms with Crippen molar-refractivity contribution >= 4 is 33.2 Å². The van der Waals surface area contributed by atoms with E-state index in [9.17, 15) is 14.9 Å². The van der Waals surface area contributed by atoms with Gasteiger partial charge in [-0.15, -0.1) is 0 Å². The van der Waals surface area contributed by atoms with Gasteiger partial charge in [-0.05, 0) is 22.4 Å². The number of nitro groups is 1. The number of piperidine rings is 1. The summed E-state index contributed by atoms with van der Waals surface area (Å²) in [5.74, 6) is 0.0985. The number of aromatic nitrogens is 1. The standard InChI is InChI=1S/C11H13BrN4O3/c1-15-6-7(2-3-10(15)17)14-11-8(12)4-13-5-9(11)16(18)19/h4-5,7H,2-3,6H2,1H3,(H,13,14). The molecule has 0 aliphatic carbocycles. The third kappa shape index (κ3) is 3.01. The Morgan fingerprint density at radius 3 is 2.95 bits per heavy atom. The van der Waals surface area contributed by atoms with Crippen molar-refractivity contribution in [3.8, 4) is 0 Å². The molecule has 1 unspecified atom stereocenters. The first kappa shape index (κ1) is 13.7. The van der Waals surface area contributed by atoms with Crippen LogP contribution >= 0.6 is 15.9 Å². The predicted molar refractivity (Wildman–Crippen MR) is 72.9 cm³/mol. The lowest BCUT2D eigenvalue weighted by atomic mass is 10.1. The molecule has 7 nitrogen and oxygen atoms in total. The van der Waals surface area contributed by atoms with Crippen molar-refractivity contribution in [3.63, 3.8) is 0 Å². The summed E-state index contributed by atoms with van der Waals surface area (Å²) in [5.41, 5.74) is 0.335. The molecule has 0 radical (unpaired) electrons. The summed E-state index contributed by atoms with van der Waals surface area (Å²) in [7, 11) is 1.73. The first-order valence-corrected chi connectivity index (χ1v) is 6.56. The van der Waals surface area contributed by atoms with Gasteiger partial charge in [0.1, 0.15) is 11.9 Å². The molecular weight excluding hydrogens is 316 g/mol. The maximum absolute atomic E-state index is 11.4. The highest BCUT2D eigenvalue weighted by molar-refractivity contribution is 9.10. The zero-order valence-corrected chi connectivity index (χ0v) is 11.9. The Labute approximate surface area is 118 Å².